The van der Waals surface area contributed by atoms with E-state index < -0.39 is 0 Å². The molecule has 0 aliphatic carbocycles. The molecule has 1 unspecified atom stereocenters. The van der Waals surface area contributed by atoms with Crippen LogP contribution in [0.3, 0.4) is 0 Å². The summed E-state index contributed by atoms with van der Waals surface area (Å²) in [6, 6.07) is 7.86. The van der Waals surface area contributed by atoms with Gasteiger partial charge in [0.25, 0.3) is 5.56 Å². The van der Waals surface area contributed by atoms with Crippen molar-refractivity contribution in [3.8, 4) is 11.1 Å². The van der Waals surface area contributed by atoms with Gasteiger partial charge in [0.2, 0.25) is 5.91 Å². The SMILES string of the molecule is CCC1CCC(=O)N1c1ccc(-c2c(C)on(C)c2=O)cc1. The molecule has 1 fully saturated rings. The Balaban J connectivity index is 1.96. The lowest BCUT2D eigenvalue weighted by atomic mass is 10.1. The first-order valence-corrected chi connectivity index (χ1v) is 7.62. The minimum Gasteiger partial charge on any atom is -0.381 e. The van der Waals surface area contributed by atoms with Gasteiger partial charge in [0.15, 0.2) is 0 Å². The largest absolute Gasteiger partial charge is 0.381 e. The van der Waals surface area contributed by atoms with E-state index in [1.165, 1.54) is 4.74 Å². The molecule has 5 nitrogen and oxygen atoms in total. The van der Waals surface area contributed by atoms with Crippen LogP contribution in [-0.4, -0.2) is 16.7 Å². The fraction of sp³-hybridized carbons (Fsp3) is 0.412. The standard InChI is InChI=1S/C17H20N2O3/c1-4-13-9-10-15(20)19(13)14-7-5-12(6-8-14)16-11(2)22-18(3)17(16)21/h5-8,13H,4,9-10H2,1-3H3. The molecule has 1 aliphatic rings. The van der Waals surface area contributed by atoms with Gasteiger partial charge in [-0.05, 0) is 37.5 Å². The van der Waals surface area contributed by atoms with E-state index in [1.54, 1.807) is 14.0 Å². The number of anilines is 1. The maximum Gasteiger partial charge on any atom is 0.290 e. The lowest BCUT2D eigenvalue weighted by molar-refractivity contribution is -0.117. The number of benzene rings is 1. The molecule has 2 heterocycles. The predicted octanol–water partition coefficient (Wildman–Crippen LogP) is 2.86. The van der Waals surface area contributed by atoms with Crippen molar-refractivity contribution < 1.29 is 9.32 Å². The van der Waals surface area contributed by atoms with Gasteiger partial charge in [0.05, 0.1) is 5.56 Å². The number of rotatable bonds is 3. The van der Waals surface area contributed by atoms with Crippen molar-refractivity contribution >= 4 is 11.6 Å². The first kappa shape index (κ1) is 14.6. The van der Waals surface area contributed by atoms with Crippen LogP contribution >= 0.6 is 0 Å². The molecular formula is C17H20N2O3. The van der Waals surface area contributed by atoms with E-state index in [9.17, 15) is 9.59 Å². The second kappa shape index (κ2) is 5.48. The van der Waals surface area contributed by atoms with E-state index in [2.05, 4.69) is 6.92 Å². The highest BCUT2D eigenvalue weighted by Crippen LogP contribution is 2.30. The topological polar surface area (TPSA) is 55.5 Å². The molecule has 1 aromatic carbocycles. The van der Waals surface area contributed by atoms with Crippen LogP contribution in [0.2, 0.25) is 0 Å². The number of amides is 1. The fourth-order valence-electron chi connectivity index (χ4n) is 3.20. The minimum atomic E-state index is -0.145. The number of hydrogen-bond acceptors (Lipinski definition) is 3. The Kier molecular flexibility index (Phi) is 3.64. The van der Waals surface area contributed by atoms with Crippen molar-refractivity contribution in [1.29, 1.82) is 0 Å². The number of hydrogen-bond donors (Lipinski definition) is 0. The van der Waals surface area contributed by atoms with Crippen LogP contribution in [0, 0.1) is 6.92 Å². The van der Waals surface area contributed by atoms with Crippen molar-refractivity contribution in [3.63, 3.8) is 0 Å². The van der Waals surface area contributed by atoms with Crippen LogP contribution in [0.25, 0.3) is 11.1 Å². The summed E-state index contributed by atoms with van der Waals surface area (Å²) < 4.78 is 6.55. The van der Waals surface area contributed by atoms with Gasteiger partial charge in [-0.15, -0.1) is 0 Å². The third kappa shape index (κ3) is 2.26. The average Bonchev–Trinajstić information content (AvgIpc) is 3.00. The molecule has 0 radical (unpaired) electrons. The smallest absolute Gasteiger partial charge is 0.290 e. The van der Waals surface area contributed by atoms with Gasteiger partial charge in [-0.1, -0.05) is 19.1 Å². The van der Waals surface area contributed by atoms with Crippen LogP contribution in [0.5, 0.6) is 0 Å². The maximum atomic E-state index is 12.1. The van der Waals surface area contributed by atoms with Crippen molar-refractivity contribution in [3.05, 3.63) is 40.4 Å². The highest BCUT2D eigenvalue weighted by atomic mass is 16.5. The lowest BCUT2D eigenvalue weighted by Gasteiger charge is -2.24. The zero-order chi connectivity index (χ0) is 15.9. The Labute approximate surface area is 129 Å². The van der Waals surface area contributed by atoms with E-state index in [1.807, 2.05) is 29.2 Å². The first-order valence-electron chi connectivity index (χ1n) is 7.62. The van der Waals surface area contributed by atoms with Crippen molar-refractivity contribution in [2.75, 3.05) is 4.90 Å². The normalized spacial score (nSPS) is 18.2. The summed E-state index contributed by atoms with van der Waals surface area (Å²) in [6.07, 6.45) is 2.48. The minimum absolute atomic E-state index is 0.145. The number of aryl methyl sites for hydroxylation is 2. The Morgan fingerprint density at radius 2 is 1.91 bits per heavy atom. The molecule has 0 bridgehead atoms. The Bertz CT molecular complexity index is 755. The molecule has 1 amide bonds. The number of nitrogens with zero attached hydrogens (tertiary/aromatic N) is 2. The van der Waals surface area contributed by atoms with Gasteiger partial charge in [0.1, 0.15) is 5.76 Å². The summed E-state index contributed by atoms with van der Waals surface area (Å²) in [5, 5.41) is 0. The quantitative estimate of drug-likeness (QED) is 0.876. The molecule has 1 aliphatic heterocycles. The molecule has 0 N–H and O–H groups in total. The van der Waals surface area contributed by atoms with Crippen molar-refractivity contribution in [2.24, 2.45) is 7.05 Å². The molecule has 2 aromatic rings. The molecule has 0 spiro atoms. The zero-order valence-electron chi connectivity index (χ0n) is 13.1. The molecule has 116 valence electrons. The first-order chi connectivity index (χ1) is 10.5. The van der Waals surface area contributed by atoms with Crippen LogP contribution < -0.4 is 10.5 Å². The monoisotopic (exact) mass is 300 g/mol. The molecule has 22 heavy (non-hydrogen) atoms. The van der Waals surface area contributed by atoms with Crippen LogP contribution in [0.15, 0.2) is 33.6 Å². The summed E-state index contributed by atoms with van der Waals surface area (Å²) in [6.45, 7) is 3.88. The van der Waals surface area contributed by atoms with E-state index in [0.29, 0.717) is 17.7 Å². The van der Waals surface area contributed by atoms with Gasteiger partial charge in [-0.25, -0.2) is 0 Å². The van der Waals surface area contributed by atoms with Gasteiger partial charge < -0.3 is 9.42 Å². The third-order valence-corrected chi connectivity index (χ3v) is 4.36. The highest BCUT2D eigenvalue weighted by Gasteiger charge is 2.30. The molecule has 1 aromatic heterocycles. The van der Waals surface area contributed by atoms with Crippen LogP contribution in [0.1, 0.15) is 31.9 Å². The lowest BCUT2D eigenvalue weighted by Crippen LogP contribution is -2.32. The zero-order valence-corrected chi connectivity index (χ0v) is 13.1. The summed E-state index contributed by atoms with van der Waals surface area (Å²) in [4.78, 5) is 26.0. The molecule has 1 saturated heterocycles. The van der Waals surface area contributed by atoms with E-state index in [0.717, 1.165) is 24.1 Å². The fourth-order valence-corrected chi connectivity index (χ4v) is 3.20. The summed E-state index contributed by atoms with van der Waals surface area (Å²) in [7, 11) is 1.60. The van der Waals surface area contributed by atoms with Crippen molar-refractivity contribution in [2.45, 2.75) is 39.2 Å². The summed E-state index contributed by atoms with van der Waals surface area (Å²) in [5.41, 5.74) is 2.15. The summed E-state index contributed by atoms with van der Waals surface area (Å²) in [5.74, 6) is 0.777. The average molecular weight is 300 g/mol. The number of carbonyl (C=O) groups is 1. The second-order valence-corrected chi connectivity index (χ2v) is 5.74. The third-order valence-electron chi connectivity index (χ3n) is 4.36. The van der Waals surface area contributed by atoms with Crippen molar-refractivity contribution in [1.82, 2.24) is 4.74 Å². The van der Waals surface area contributed by atoms with Crippen LogP contribution in [-0.2, 0) is 11.8 Å². The van der Waals surface area contributed by atoms with Gasteiger partial charge in [0, 0.05) is 25.2 Å². The predicted molar refractivity (Wildman–Crippen MR) is 84.9 cm³/mol. The second-order valence-electron chi connectivity index (χ2n) is 5.74. The molecular weight excluding hydrogens is 280 g/mol. The number of aromatic nitrogens is 1. The molecule has 0 saturated carbocycles. The van der Waals surface area contributed by atoms with E-state index in [-0.39, 0.29) is 17.5 Å². The Hall–Kier alpha value is -2.30. The summed E-state index contributed by atoms with van der Waals surface area (Å²) >= 11 is 0. The Morgan fingerprint density at radius 1 is 1.23 bits per heavy atom. The van der Waals surface area contributed by atoms with Gasteiger partial charge in [-0.3, -0.25) is 9.59 Å². The number of carbonyl (C=O) groups excluding carboxylic acids is 1. The molecule has 5 heteroatoms. The van der Waals surface area contributed by atoms with Gasteiger partial charge >= 0.3 is 0 Å². The highest BCUT2D eigenvalue weighted by molar-refractivity contribution is 5.96. The van der Waals surface area contributed by atoms with Crippen LogP contribution in [0.4, 0.5) is 5.69 Å². The maximum absolute atomic E-state index is 12.1. The van der Waals surface area contributed by atoms with E-state index in [4.69, 9.17) is 4.52 Å². The van der Waals surface area contributed by atoms with E-state index >= 15 is 0 Å². The Morgan fingerprint density at radius 3 is 2.45 bits per heavy atom. The molecule has 1 atom stereocenters. The van der Waals surface area contributed by atoms with Gasteiger partial charge in [-0.2, -0.15) is 4.74 Å². The molecule has 3 rings (SSSR count).